The van der Waals surface area contributed by atoms with Crippen LogP contribution in [0.1, 0.15) is 40.6 Å². The zero-order valence-corrected chi connectivity index (χ0v) is 17.6. The van der Waals surface area contributed by atoms with Gasteiger partial charge in [0.25, 0.3) is 5.91 Å². The lowest BCUT2D eigenvalue weighted by atomic mass is 10.1. The van der Waals surface area contributed by atoms with E-state index in [-0.39, 0.29) is 34.8 Å². The molecule has 2 aromatic rings. The first-order valence-electron chi connectivity index (χ1n) is 9.53. The molecule has 1 aliphatic rings. The molecule has 0 saturated carbocycles. The highest BCUT2D eigenvalue weighted by atomic mass is 32.2. The molecule has 3 rings (SSSR count). The maximum absolute atomic E-state index is 13.0. The van der Waals surface area contributed by atoms with E-state index >= 15 is 0 Å². The minimum atomic E-state index is -3.67. The van der Waals surface area contributed by atoms with E-state index < -0.39 is 15.7 Å². The Hall–Kier alpha value is -2.88. The number of halogens is 1. The van der Waals surface area contributed by atoms with Crippen LogP contribution in [0.15, 0.2) is 35.4 Å². The molecule has 1 saturated heterocycles. The Morgan fingerprint density at radius 1 is 1.27 bits per heavy atom. The molecular weight excluding hydrogens is 411 g/mol. The molecule has 8 nitrogen and oxygen atoms in total. The van der Waals surface area contributed by atoms with Crippen LogP contribution in [-0.2, 0) is 14.6 Å². The van der Waals surface area contributed by atoms with Gasteiger partial charge in [0.1, 0.15) is 11.6 Å². The summed E-state index contributed by atoms with van der Waals surface area (Å²) in [6, 6.07) is 4.56. The second-order valence-corrected chi connectivity index (χ2v) is 9.26. The fraction of sp³-hybridized carbons (Fsp3) is 0.400. The lowest BCUT2D eigenvalue weighted by Crippen LogP contribution is -2.30. The van der Waals surface area contributed by atoms with E-state index in [4.69, 9.17) is 0 Å². The zero-order chi connectivity index (χ0) is 21.9. The molecule has 0 radical (unpaired) electrons. The van der Waals surface area contributed by atoms with Crippen molar-refractivity contribution in [3.05, 3.63) is 53.4 Å². The molecule has 1 aromatic carbocycles. The number of hydrogen-bond acceptors (Lipinski definition) is 6. The van der Waals surface area contributed by atoms with Gasteiger partial charge in [-0.05, 0) is 37.6 Å². The van der Waals surface area contributed by atoms with Crippen LogP contribution < -0.4 is 5.32 Å². The van der Waals surface area contributed by atoms with Crippen molar-refractivity contribution < 1.29 is 22.4 Å². The Balaban J connectivity index is 1.60. The van der Waals surface area contributed by atoms with Gasteiger partial charge in [-0.15, -0.1) is 0 Å². The van der Waals surface area contributed by atoms with Gasteiger partial charge in [-0.1, -0.05) is 0 Å². The highest BCUT2D eigenvalue weighted by molar-refractivity contribution is 7.91. The molecule has 1 atom stereocenters. The Morgan fingerprint density at radius 2 is 1.97 bits per heavy atom. The summed E-state index contributed by atoms with van der Waals surface area (Å²) in [4.78, 5) is 34.6. The van der Waals surface area contributed by atoms with E-state index in [1.54, 1.807) is 11.8 Å². The van der Waals surface area contributed by atoms with Crippen LogP contribution >= 0.6 is 0 Å². The zero-order valence-electron chi connectivity index (χ0n) is 16.8. The standard InChI is InChI=1S/C20H23FN4O4S/c1-13-17(20(27)22-2)11-23-19(24-13)14-7-9-25(12-14)18(26)8-10-30(28,29)16-5-3-15(21)4-6-16/h3-6,11,14H,7-10,12H2,1-2H3,(H,22,27). The third-order valence-corrected chi connectivity index (χ3v) is 6.87. The summed E-state index contributed by atoms with van der Waals surface area (Å²) in [5.74, 6) is -0.885. The van der Waals surface area contributed by atoms with Crippen molar-refractivity contribution in [1.29, 1.82) is 0 Å². The molecule has 1 aliphatic heterocycles. The van der Waals surface area contributed by atoms with E-state index in [0.29, 0.717) is 36.6 Å². The summed E-state index contributed by atoms with van der Waals surface area (Å²) < 4.78 is 37.7. The average Bonchev–Trinajstić information content (AvgIpc) is 3.22. The van der Waals surface area contributed by atoms with Crippen molar-refractivity contribution in [3.8, 4) is 0 Å². The number of carbonyl (C=O) groups excluding carboxylic acids is 2. The number of carbonyl (C=O) groups is 2. The van der Waals surface area contributed by atoms with Gasteiger partial charge in [0.05, 0.1) is 21.9 Å². The quantitative estimate of drug-likeness (QED) is 0.690. The average molecular weight is 434 g/mol. The van der Waals surface area contributed by atoms with Crippen LogP contribution in [0.5, 0.6) is 0 Å². The molecule has 2 heterocycles. The van der Waals surface area contributed by atoms with E-state index in [0.717, 1.165) is 12.1 Å². The van der Waals surface area contributed by atoms with Crippen molar-refractivity contribution in [2.75, 3.05) is 25.9 Å². The van der Waals surface area contributed by atoms with E-state index in [1.807, 2.05) is 0 Å². The number of aromatic nitrogens is 2. The molecule has 30 heavy (non-hydrogen) atoms. The third kappa shape index (κ3) is 4.81. The van der Waals surface area contributed by atoms with Gasteiger partial charge in [0.2, 0.25) is 5.91 Å². The van der Waals surface area contributed by atoms with Gasteiger partial charge in [0, 0.05) is 38.7 Å². The van der Waals surface area contributed by atoms with Crippen molar-refractivity contribution in [2.45, 2.75) is 30.6 Å². The molecule has 0 spiro atoms. The monoisotopic (exact) mass is 434 g/mol. The largest absolute Gasteiger partial charge is 0.355 e. The van der Waals surface area contributed by atoms with Gasteiger partial charge in [-0.2, -0.15) is 0 Å². The SMILES string of the molecule is CNC(=O)c1cnc(C2CCN(C(=O)CCS(=O)(=O)c3ccc(F)cc3)C2)nc1C. The molecule has 160 valence electrons. The molecule has 10 heteroatoms. The van der Waals surface area contributed by atoms with Crippen LogP contribution in [0.3, 0.4) is 0 Å². The number of hydrogen-bond donors (Lipinski definition) is 1. The minimum absolute atomic E-state index is 0.00363. The van der Waals surface area contributed by atoms with E-state index in [9.17, 15) is 22.4 Å². The molecule has 2 amide bonds. The third-order valence-electron chi connectivity index (χ3n) is 5.13. The van der Waals surface area contributed by atoms with Gasteiger partial charge in [0.15, 0.2) is 9.84 Å². The molecule has 1 aromatic heterocycles. The number of likely N-dealkylation sites (tertiary alicyclic amines) is 1. The van der Waals surface area contributed by atoms with Crippen LogP contribution in [0.2, 0.25) is 0 Å². The highest BCUT2D eigenvalue weighted by Gasteiger charge is 2.30. The predicted molar refractivity (Wildman–Crippen MR) is 107 cm³/mol. The predicted octanol–water partition coefficient (Wildman–Crippen LogP) is 1.46. The lowest BCUT2D eigenvalue weighted by Gasteiger charge is -2.16. The summed E-state index contributed by atoms with van der Waals surface area (Å²) >= 11 is 0. The minimum Gasteiger partial charge on any atom is -0.355 e. The fourth-order valence-electron chi connectivity index (χ4n) is 3.38. The summed E-state index contributed by atoms with van der Waals surface area (Å²) in [5.41, 5.74) is 0.965. The van der Waals surface area contributed by atoms with Crippen LogP contribution in [0.25, 0.3) is 0 Å². The van der Waals surface area contributed by atoms with Gasteiger partial charge < -0.3 is 10.2 Å². The number of amides is 2. The molecule has 1 unspecified atom stereocenters. The Morgan fingerprint density at radius 3 is 2.60 bits per heavy atom. The lowest BCUT2D eigenvalue weighted by molar-refractivity contribution is -0.129. The van der Waals surface area contributed by atoms with Crippen molar-refractivity contribution in [3.63, 3.8) is 0 Å². The topological polar surface area (TPSA) is 109 Å². The number of benzene rings is 1. The second kappa shape index (κ2) is 8.86. The van der Waals surface area contributed by atoms with Crippen LogP contribution in [-0.4, -0.2) is 61.0 Å². The number of rotatable bonds is 6. The molecule has 0 bridgehead atoms. The second-order valence-electron chi connectivity index (χ2n) is 7.15. The summed E-state index contributed by atoms with van der Waals surface area (Å²) in [6.45, 7) is 2.61. The maximum atomic E-state index is 13.0. The Bertz CT molecular complexity index is 1060. The summed E-state index contributed by atoms with van der Waals surface area (Å²) in [5, 5.41) is 2.53. The van der Waals surface area contributed by atoms with Crippen LogP contribution in [0, 0.1) is 12.7 Å². The molecule has 1 N–H and O–H groups in total. The normalized spacial score (nSPS) is 16.5. The first kappa shape index (κ1) is 21.8. The van der Waals surface area contributed by atoms with E-state index in [1.165, 1.54) is 25.4 Å². The first-order chi connectivity index (χ1) is 14.2. The molecule has 0 aliphatic carbocycles. The Labute approximate surface area is 174 Å². The fourth-order valence-corrected chi connectivity index (χ4v) is 4.61. The first-order valence-corrected chi connectivity index (χ1v) is 11.2. The summed E-state index contributed by atoms with van der Waals surface area (Å²) in [7, 11) is -2.13. The van der Waals surface area contributed by atoms with Crippen LogP contribution in [0.4, 0.5) is 4.39 Å². The van der Waals surface area contributed by atoms with Crippen molar-refractivity contribution >= 4 is 21.7 Å². The number of nitrogens with one attached hydrogen (secondary N) is 1. The molecule has 1 fully saturated rings. The number of sulfone groups is 1. The maximum Gasteiger partial charge on any atom is 0.254 e. The summed E-state index contributed by atoms with van der Waals surface area (Å²) in [6.07, 6.45) is 1.99. The number of nitrogens with zero attached hydrogens (tertiary/aromatic N) is 3. The highest BCUT2D eigenvalue weighted by Crippen LogP contribution is 2.26. The molecular formula is C20H23FN4O4S. The van der Waals surface area contributed by atoms with Gasteiger partial charge >= 0.3 is 0 Å². The Kier molecular flexibility index (Phi) is 6.45. The van der Waals surface area contributed by atoms with Gasteiger partial charge in [-0.25, -0.2) is 22.8 Å². The van der Waals surface area contributed by atoms with Crippen molar-refractivity contribution in [1.82, 2.24) is 20.2 Å². The van der Waals surface area contributed by atoms with Crippen molar-refractivity contribution in [2.24, 2.45) is 0 Å². The number of aryl methyl sites for hydroxylation is 1. The smallest absolute Gasteiger partial charge is 0.254 e. The van der Waals surface area contributed by atoms with Gasteiger partial charge in [-0.3, -0.25) is 9.59 Å². The van der Waals surface area contributed by atoms with E-state index in [2.05, 4.69) is 15.3 Å².